The van der Waals surface area contributed by atoms with E-state index in [0.29, 0.717) is 5.56 Å². The zero-order valence-electron chi connectivity index (χ0n) is 11.3. The van der Waals surface area contributed by atoms with E-state index in [2.05, 4.69) is 0 Å². The van der Waals surface area contributed by atoms with Gasteiger partial charge in [0.15, 0.2) is 0 Å². The molecule has 0 aliphatic heterocycles. The number of nitrogens with two attached hydrogens (primary N) is 1. The Balaban J connectivity index is 2.93. The number of ether oxygens (including phenoxy) is 1. The minimum absolute atomic E-state index is 0.278. The molecular weight excluding hydrogens is 266 g/mol. The highest BCUT2D eigenvalue weighted by molar-refractivity contribution is 7.08. The monoisotopic (exact) mass is 285 g/mol. The molecule has 1 aromatic heterocycles. The first-order valence-corrected chi connectivity index (χ1v) is 6.87. The molecule has 0 aliphatic carbocycles. The number of carbonyl (C=O) groups excluding carboxylic acids is 1. The predicted octanol–water partition coefficient (Wildman–Crippen LogP) is 1.98. The number of carbonyl (C=O) groups is 2. The van der Waals surface area contributed by atoms with Gasteiger partial charge in [0.2, 0.25) is 0 Å². The van der Waals surface area contributed by atoms with Gasteiger partial charge in [0.1, 0.15) is 5.60 Å². The standard InChI is InChI=1S/C13H19NO4S/c1-13(2,3)18-12(17)11(8-4-5-19-7-8)9(14)6-10(15)16/h4-5,7,9,11H,6,14H2,1-3H3,(H,15,16)/t9-,11+/m1/s1. The molecule has 1 rings (SSSR count). The van der Waals surface area contributed by atoms with E-state index in [4.69, 9.17) is 15.6 Å². The molecule has 0 unspecified atom stereocenters. The van der Waals surface area contributed by atoms with Crippen molar-refractivity contribution >= 4 is 23.3 Å². The number of hydrogen-bond donors (Lipinski definition) is 2. The summed E-state index contributed by atoms with van der Waals surface area (Å²) in [7, 11) is 0. The Morgan fingerprint density at radius 3 is 2.53 bits per heavy atom. The highest BCUT2D eigenvalue weighted by Gasteiger charge is 2.33. The molecule has 0 saturated carbocycles. The van der Waals surface area contributed by atoms with E-state index in [9.17, 15) is 9.59 Å². The number of rotatable bonds is 5. The van der Waals surface area contributed by atoms with Crippen LogP contribution in [0.1, 0.15) is 38.7 Å². The summed E-state index contributed by atoms with van der Waals surface area (Å²) in [6.45, 7) is 5.29. The third-order valence-electron chi connectivity index (χ3n) is 2.40. The largest absolute Gasteiger partial charge is 0.481 e. The van der Waals surface area contributed by atoms with E-state index in [0.717, 1.165) is 0 Å². The van der Waals surface area contributed by atoms with Crippen LogP contribution in [0.4, 0.5) is 0 Å². The van der Waals surface area contributed by atoms with Crippen LogP contribution < -0.4 is 5.73 Å². The van der Waals surface area contributed by atoms with E-state index in [1.54, 1.807) is 32.2 Å². The summed E-state index contributed by atoms with van der Waals surface area (Å²) < 4.78 is 5.32. The van der Waals surface area contributed by atoms with Gasteiger partial charge in [-0.15, -0.1) is 0 Å². The van der Waals surface area contributed by atoms with Gasteiger partial charge in [-0.05, 0) is 43.2 Å². The third-order valence-corrected chi connectivity index (χ3v) is 3.10. The molecule has 3 N–H and O–H groups in total. The summed E-state index contributed by atoms with van der Waals surface area (Å²) in [5.41, 5.74) is 5.92. The second-order valence-corrected chi connectivity index (χ2v) is 6.11. The number of carboxylic acid groups (broad SMARTS) is 1. The number of carboxylic acids is 1. The van der Waals surface area contributed by atoms with E-state index in [1.807, 2.05) is 5.38 Å². The summed E-state index contributed by atoms with van der Waals surface area (Å²) in [6, 6.07) is 0.961. The number of thiophene rings is 1. The summed E-state index contributed by atoms with van der Waals surface area (Å²) in [6.07, 6.45) is -0.278. The van der Waals surface area contributed by atoms with Gasteiger partial charge in [0.05, 0.1) is 12.3 Å². The zero-order valence-corrected chi connectivity index (χ0v) is 12.1. The number of hydrogen-bond acceptors (Lipinski definition) is 5. The highest BCUT2D eigenvalue weighted by Crippen LogP contribution is 2.26. The van der Waals surface area contributed by atoms with Crippen LogP contribution in [0, 0.1) is 0 Å². The molecule has 0 amide bonds. The Hall–Kier alpha value is -1.40. The lowest BCUT2D eigenvalue weighted by Gasteiger charge is -2.26. The molecule has 0 bridgehead atoms. The van der Waals surface area contributed by atoms with Crippen molar-refractivity contribution in [1.82, 2.24) is 0 Å². The van der Waals surface area contributed by atoms with Gasteiger partial charge >= 0.3 is 11.9 Å². The smallest absolute Gasteiger partial charge is 0.315 e. The second-order valence-electron chi connectivity index (χ2n) is 5.33. The SMILES string of the molecule is CC(C)(C)OC(=O)[C@@H](c1ccsc1)[C@H](N)CC(=O)O. The lowest BCUT2D eigenvalue weighted by Crippen LogP contribution is -2.39. The van der Waals surface area contributed by atoms with E-state index in [-0.39, 0.29) is 6.42 Å². The molecular formula is C13H19NO4S. The van der Waals surface area contributed by atoms with Gasteiger partial charge in [-0.1, -0.05) is 0 Å². The topological polar surface area (TPSA) is 89.6 Å². The first-order valence-electron chi connectivity index (χ1n) is 5.93. The molecule has 0 fully saturated rings. The van der Waals surface area contributed by atoms with Crippen molar-refractivity contribution in [3.05, 3.63) is 22.4 Å². The van der Waals surface area contributed by atoms with Gasteiger partial charge in [-0.2, -0.15) is 11.3 Å². The molecule has 106 valence electrons. The van der Waals surface area contributed by atoms with Crippen LogP contribution in [-0.2, 0) is 14.3 Å². The lowest BCUT2D eigenvalue weighted by atomic mass is 9.92. The fraction of sp³-hybridized carbons (Fsp3) is 0.538. The van der Waals surface area contributed by atoms with E-state index >= 15 is 0 Å². The average Bonchev–Trinajstić information content (AvgIpc) is 2.66. The molecule has 1 aromatic rings. The maximum absolute atomic E-state index is 12.2. The van der Waals surface area contributed by atoms with Crippen LogP contribution >= 0.6 is 11.3 Å². The number of esters is 1. The van der Waals surface area contributed by atoms with Crippen LogP contribution in [0.3, 0.4) is 0 Å². The van der Waals surface area contributed by atoms with Gasteiger partial charge in [0.25, 0.3) is 0 Å². The summed E-state index contributed by atoms with van der Waals surface area (Å²) in [5.74, 6) is -2.27. The fourth-order valence-corrected chi connectivity index (χ4v) is 2.39. The second kappa shape index (κ2) is 6.16. The third kappa shape index (κ3) is 5.00. The van der Waals surface area contributed by atoms with Crippen LogP contribution in [-0.4, -0.2) is 28.7 Å². The zero-order chi connectivity index (χ0) is 14.6. The molecule has 5 nitrogen and oxygen atoms in total. The molecule has 0 spiro atoms. The lowest BCUT2D eigenvalue weighted by molar-refractivity contribution is -0.157. The minimum Gasteiger partial charge on any atom is -0.481 e. The van der Waals surface area contributed by atoms with Crippen molar-refractivity contribution < 1.29 is 19.4 Å². The minimum atomic E-state index is -1.03. The Morgan fingerprint density at radius 1 is 1.47 bits per heavy atom. The van der Waals surface area contributed by atoms with E-state index in [1.165, 1.54) is 11.3 Å². The highest BCUT2D eigenvalue weighted by atomic mass is 32.1. The molecule has 6 heteroatoms. The average molecular weight is 285 g/mol. The van der Waals surface area contributed by atoms with Crippen LogP contribution in [0.25, 0.3) is 0 Å². The normalized spacial score (nSPS) is 14.7. The van der Waals surface area contributed by atoms with E-state index < -0.39 is 29.5 Å². The Bertz CT molecular complexity index is 436. The van der Waals surface area contributed by atoms with Crippen molar-refractivity contribution in [1.29, 1.82) is 0 Å². The van der Waals surface area contributed by atoms with Crippen molar-refractivity contribution in [2.75, 3.05) is 0 Å². The summed E-state index contributed by atoms with van der Waals surface area (Å²) >= 11 is 1.43. The van der Waals surface area contributed by atoms with Crippen molar-refractivity contribution in [2.24, 2.45) is 5.73 Å². The van der Waals surface area contributed by atoms with Gasteiger partial charge < -0.3 is 15.6 Å². The molecule has 0 aliphatic rings. The molecule has 2 atom stereocenters. The quantitative estimate of drug-likeness (QED) is 0.807. The summed E-state index contributed by atoms with van der Waals surface area (Å²) in [4.78, 5) is 23.0. The van der Waals surface area contributed by atoms with Crippen molar-refractivity contribution in [2.45, 2.75) is 44.8 Å². The van der Waals surface area contributed by atoms with Crippen molar-refractivity contribution in [3.8, 4) is 0 Å². The van der Waals surface area contributed by atoms with Gasteiger partial charge in [0, 0.05) is 6.04 Å². The molecule has 19 heavy (non-hydrogen) atoms. The fourth-order valence-electron chi connectivity index (χ4n) is 1.69. The van der Waals surface area contributed by atoms with Gasteiger partial charge in [-0.3, -0.25) is 9.59 Å². The van der Waals surface area contributed by atoms with Crippen LogP contribution in [0.5, 0.6) is 0 Å². The van der Waals surface area contributed by atoms with Crippen LogP contribution in [0.2, 0.25) is 0 Å². The predicted molar refractivity (Wildman–Crippen MR) is 73.1 cm³/mol. The van der Waals surface area contributed by atoms with Crippen molar-refractivity contribution in [3.63, 3.8) is 0 Å². The molecule has 0 saturated heterocycles. The van der Waals surface area contributed by atoms with Crippen LogP contribution in [0.15, 0.2) is 16.8 Å². The maximum Gasteiger partial charge on any atom is 0.315 e. The first kappa shape index (κ1) is 15.7. The molecule has 1 heterocycles. The Labute approximate surface area is 116 Å². The first-order chi connectivity index (χ1) is 8.70. The Kier molecular flexibility index (Phi) is 5.08. The maximum atomic E-state index is 12.2. The Morgan fingerprint density at radius 2 is 2.11 bits per heavy atom. The van der Waals surface area contributed by atoms with Gasteiger partial charge in [-0.25, -0.2) is 0 Å². The molecule has 0 aromatic carbocycles. The summed E-state index contributed by atoms with van der Waals surface area (Å²) in [5, 5.41) is 12.4. The number of aliphatic carboxylic acids is 1. The molecule has 0 radical (unpaired) electrons.